The summed E-state index contributed by atoms with van der Waals surface area (Å²) in [6.07, 6.45) is 3.52. The number of rotatable bonds is 8. The van der Waals surface area contributed by atoms with Crippen molar-refractivity contribution in [1.29, 1.82) is 0 Å². The molecule has 0 aliphatic carbocycles. The molecule has 102 valence electrons. The third kappa shape index (κ3) is 6.11. The van der Waals surface area contributed by atoms with E-state index in [0.717, 1.165) is 23.8 Å². The molecule has 0 aromatic carbocycles. The fraction of sp³-hybridized carbons (Fsp3) is 0.636. The molecule has 0 aliphatic heterocycles. The summed E-state index contributed by atoms with van der Waals surface area (Å²) >= 11 is 1.52. The lowest BCUT2D eigenvalue weighted by molar-refractivity contribution is -0.140. The number of aryl methyl sites for hydroxylation is 1. The largest absolute Gasteiger partial charge is 0.469 e. The molecule has 1 heterocycles. The number of hydrogen-bond acceptors (Lipinski definition) is 6. The van der Waals surface area contributed by atoms with Gasteiger partial charge in [-0.3, -0.25) is 9.00 Å². The number of aromatic nitrogens is 1. The molecule has 1 rings (SSSR count). The molecule has 1 N–H and O–H groups in total. The van der Waals surface area contributed by atoms with Gasteiger partial charge in [0.15, 0.2) is 5.13 Å². The quantitative estimate of drug-likeness (QED) is 0.579. The average molecular weight is 290 g/mol. The lowest BCUT2D eigenvalue weighted by atomic mass is 10.2. The molecule has 1 aromatic heterocycles. The third-order valence-corrected chi connectivity index (χ3v) is 3.96. The maximum atomic E-state index is 11.0. The Morgan fingerprint density at radius 2 is 2.39 bits per heavy atom. The second kappa shape index (κ2) is 8.20. The van der Waals surface area contributed by atoms with Crippen LogP contribution in [0.1, 0.15) is 18.5 Å². The Bertz CT molecular complexity index is 407. The Labute approximate surface area is 113 Å². The summed E-state index contributed by atoms with van der Waals surface area (Å²) in [6, 6.07) is 0. The van der Waals surface area contributed by atoms with Gasteiger partial charge in [0, 0.05) is 41.2 Å². The van der Waals surface area contributed by atoms with E-state index in [1.807, 2.05) is 5.38 Å². The number of thiazole rings is 1. The first-order chi connectivity index (χ1) is 8.61. The van der Waals surface area contributed by atoms with E-state index in [1.165, 1.54) is 18.4 Å². The van der Waals surface area contributed by atoms with Gasteiger partial charge in [0.1, 0.15) is 0 Å². The average Bonchev–Trinajstić information content (AvgIpc) is 2.79. The zero-order valence-corrected chi connectivity index (χ0v) is 12.2. The monoisotopic (exact) mass is 290 g/mol. The molecule has 0 spiro atoms. The highest BCUT2D eigenvalue weighted by Crippen LogP contribution is 2.16. The van der Waals surface area contributed by atoms with Gasteiger partial charge in [-0.05, 0) is 6.42 Å². The minimum atomic E-state index is -0.736. The zero-order chi connectivity index (χ0) is 13.4. The molecule has 5 nitrogen and oxygen atoms in total. The van der Waals surface area contributed by atoms with Crippen molar-refractivity contribution in [3.63, 3.8) is 0 Å². The summed E-state index contributed by atoms with van der Waals surface area (Å²) in [6.45, 7) is 0.767. The summed E-state index contributed by atoms with van der Waals surface area (Å²) < 4.78 is 15.4. The van der Waals surface area contributed by atoms with Crippen LogP contribution < -0.4 is 5.32 Å². The third-order valence-electron chi connectivity index (χ3n) is 2.25. The van der Waals surface area contributed by atoms with Crippen LogP contribution >= 0.6 is 11.3 Å². The van der Waals surface area contributed by atoms with Gasteiger partial charge >= 0.3 is 5.97 Å². The van der Waals surface area contributed by atoms with Crippen molar-refractivity contribution in [1.82, 2.24) is 4.98 Å². The second-order valence-corrected chi connectivity index (χ2v) is 6.19. The van der Waals surface area contributed by atoms with Crippen molar-refractivity contribution in [2.45, 2.75) is 19.3 Å². The predicted molar refractivity (Wildman–Crippen MR) is 74.5 cm³/mol. The minimum Gasteiger partial charge on any atom is -0.469 e. The number of carbonyl (C=O) groups excluding carboxylic acids is 1. The maximum Gasteiger partial charge on any atom is 0.305 e. The topological polar surface area (TPSA) is 68.3 Å². The van der Waals surface area contributed by atoms with E-state index >= 15 is 0 Å². The molecule has 1 unspecified atom stereocenters. The number of nitrogens with one attached hydrogen (secondary N) is 1. The Balaban J connectivity index is 2.25. The van der Waals surface area contributed by atoms with Crippen molar-refractivity contribution in [2.24, 2.45) is 0 Å². The number of methoxy groups -OCH3 is 1. The smallest absolute Gasteiger partial charge is 0.305 e. The van der Waals surface area contributed by atoms with Crippen molar-refractivity contribution < 1.29 is 13.7 Å². The van der Waals surface area contributed by atoms with Crippen LogP contribution in [0.2, 0.25) is 0 Å². The van der Waals surface area contributed by atoms with E-state index in [0.29, 0.717) is 18.6 Å². The highest BCUT2D eigenvalue weighted by Gasteiger charge is 2.05. The molecule has 0 bridgehead atoms. The molecule has 1 atom stereocenters. The number of nitrogens with zero attached hydrogens (tertiary/aromatic N) is 1. The Hall–Kier alpha value is -0.950. The lowest BCUT2D eigenvalue weighted by Gasteiger charge is -2.00. The molecular formula is C11H18N2O3S2. The molecule has 7 heteroatoms. The van der Waals surface area contributed by atoms with Crippen molar-refractivity contribution in [2.75, 3.05) is 31.0 Å². The highest BCUT2D eigenvalue weighted by molar-refractivity contribution is 7.84. The van der Waals surface area contributed by atoms with E-state index in [4.69, 9.17) is 0 Å². The summed E-state index contributed by atoms with van der Waals surface area (Å²) in [5, 5.41) is 5.96. The predicted octanol–water partition coefficient (Wildman–Crippen LogP) is 1.43. The number of anilines is 1. The van der Waals surface area contributed by atoms with Gasteiger partial charge in [-0.2, -0.15) is 0 Å². The molecule has 0 radical (unpaired) electrons. The van der Waals surface area contributed by atoms with Crippen molar-refractivity contribution in [3.05, 3.63) is 11.1 Å². The summed E-state index contributed by atoms with van der Waals surface area (Å²) in [4.78, 5) is 15.3. The lowest BCUT2D eigenvalue weighted by Crippen LogP contribution is -2.06. The molecule has 0 saturated heterocycles. The van der Waals surface area contributed by atoms with Crippen LogP contribution in [-0.2, 0) is 26.8 Å². The maximum absolute atomic E-state index is 11.0. The van der Waals surface area contributed by atoms with E-state index in [9.17, 15) is 9.00 Å². The molecule has 0 amide bonds. The minimum absolute atomic E-state index is 0.220. The number of ether oxygens (including phenoxy) is 1. The molecule has 18 heavy (non-hydrogen) atoms. The zero-order valence-electron chi connectivity index (χ0n) is 10.6. The van der Waals surface area contributed by atoms with E-state index < -0.39 is 10.8 Å². The standard InChI is InChI=1S/C11H18N2O3S2/c1-16-10(14)5-4-9-8-17-11(13-9)12-6-3-7-18(2)15/h8H,3-7H2,1-2H3,(H,12,13). The van der Waals surface area contributed by atoms with Crippen LogP contribution in [0.4, 0.5) is 5.13 Å². The Kier molecular flexibility index (Phi) is 6.89. The van der Waals surface area contributed by atoms with Crippen LogP contribution in [0.5, 0.6) is 0 Å². The molecule has 0 saturated carbocycles. The fourth-order valence-electron chi connectivity index (χ4n) is 1.31. The van der Waals surface area contributed by atoms with Crippen molar-refractivity contribution >= 4 is 33.2 Å². The number of esters is 1. The first-order valence-electron chi connectivity index (χ1n) is 5.67. The van der Waals surface area contributed by atoms with Gasteiger partial charge < -0.3 is 10.1 Å². The van der Waals surface area contributed by atoms with Crippen LogP contribution in [0.15, 0.2) is 5.38 Å². The molecule has 1 aromatic rings. The van der Waals surface area contributed by atoms with Crippen LogP contribution in [-0.4, -0.2) is 40.8 Å². The van der Waals surface area contributed by atoms with Gasteiger partial charge in [0.2, 0.25) is 0 Å². The number of carbonyl (C=O) groups is 1. The first kappa shape index (κ1) is 15.1. The SMILES string of the molecule is COC(=O)CCc1csc(NCCCS(C)=O)n1. The molecular weight excluding hydrogens is 272 g/mol. The van der Waals surface area contributed by atoms with Gasteiger partial charge in [-0.15, -0.1) is 11.3 Å². The van der Waals surface area contributed by atoms with Crippen LogP contribution in [0.25, 0.3) is 0 Å². The van der Waals surface area contributed by atoms with Gasteiger partial charge in [-0.25, -0.2) is 4.98 Å². The fourth-order valence-corrected chi connectivity index (χ4v) is 2.63. The number of hydrogen-bond donors (Lipinski definition) is 1. The van der Waals surface area contributed by atoms with Crippen molar-refractivity contribution in [3.8, 4) is 0 Å². The summed E-state index contributed by atoms with van der Waals surface area (Å²) in [5.41, 5.74) is 0.895. The first-order valence-corrected chi connectivity index (χ1v) is 8.27. The summed E-state index contributed by atoms with van der Waals surface area (Å²) in [5.74, 6) is 0.482. The van der Waals surface area contributed by atoms with Crippen LogP contribution in [0, 0.1) is 0 Å². The molecule has 0 fully saturated rings. The Morgan fingerprint density at radius 3 is 3.06 bits per heavy atom. The van der Waals surface area contributed by atoms with Crippen LogP contribution in [0.3, 0.4) is 0 Å². The van der Waals surface area contributed by atoms with E-state index in [1.54, 1.807) is 6.26 Å². The normalized spacial score (nSPS) is 12.1. The Morgan fingerprint density at radius 1 is 1.61 bits per heavy atom. The second-order valence-electron chi connectivity index (χ2n) is 3.78. The molecule has 0 aliphatic rings. The van der Waals surface area contributed by atoms with E-state index in [-0.39, 0.29) is 5.97 Å². The van der Waals surface area contributed by atoms with Gasteiger partial charge in [-0.1, -0.05) is 0 Å². The summed E-state index contributed by atoms with van der Waals surface area (Å²) in [7, 11) is 0.647. The van der Waals surface area contributed by atoms with E-state index in [2.05, 4.69) is 15.0 Å². The van der Waals surface area contributed by atoms with Gasteiger partial charge in [0.25, 0.3) is 0 Å². The van der Waals surface area contributed by atoms with Gasteiger partial charge in [0.05, 0.1) is 19.2 Å². The highest BCUT2D eigenvalue weighted by atomic mass is 32.2.